The number of hydrogen-bond donors (Lipinski definition) is 1. The molecule has 1 aliphatic rings. The molecule has 1 saturated carbocycles. The SMILES string of the molecule is CC(NCCCC1CCCC1)c1ccc(F)cn1. The monoisotopic (exact) mass is 250 g/mol. The largest absolute Gasteiger partial charge is 0.309 e. The van der Waals surface area contributed by atoms with Gasteiger partial charge in [0, 0.05) is 6.04 Å². The van der Waals surface area contributed by atoms with E-state index in [2.05, 4.69) is 17.2 Å². The number of pyridine rings is 1. The molecule has 1 aromatic heterocycles. The Balaban J connectivity index is 1.64. The number of rotatable bonds is 6. The van der Waals surface area contributed by atoms with Gasteiger partial charge >= 0.3 is 0 Å². The molecule has 2 rings (SSSR count). The van der Waals surface area contributed by atoms with Crippen LogP contribution in [-0.2, 0) is 0 Å². The van der Waals surface area contributed by atoms with Crippen LogP contribution in [0.1, 0.15) is 57.2 Å². The highest BCUT2D eigenvalue weighted by Gasteiger charge is 2.14. The van der Waals surface area contributed by atoms with Gasteiger partial charge in [-0.05, 0) is 44.4 Å². The Bertz CT molecular complexity index is 344. The summed E-state index contributed by atoms with van der Waals surface area (Å²) >= 11 is 0. The molecule has 1 atom stereocenters. The smallest absolute Gasteiger partial charge is 0.141 e. The molecule has 1 aromatic rings. The highest BCUT2D eigenvalue weighted by atomic mass is 19.1. The summed E-state index contributed by atoms with van der Waals surface area (Å²) in [6.07, 6.45) is 9.56. The van der Waals surface area contributed by atoms with Crippen molar-refractivity contribution in [3.8, 4) is 0 Å². The third-order valence-electron chi connectivity index (χ3n) is 3.91. The summed E-state index contributed by atoms with van der Waals surface area (Å²) in [4.78, 5) is 4.10. The van der Waals surface area contributed by atoms with E-state index in [9.17, 15) is 4.39 Å². The fraction of sp³-hybridized carbons (Fsp3) is 0.667. The topological polar surface area (TPSA) is 24.9 Å². The zero-order valence-electron chi connectivity index (χ0n) is 11.2. The first kappa shape index (κ1) is 13.5. The molecule has 100 valence electrons. The second-order valence-corrected chi connectivity index (χ2v) is 5.37. The van der Waals surface area contributed by atoms with Crippen LogP contribution >= 0.6 is 0 Å². The summed E-state index contributed by atoms with van der Waals surface area (Å²) in [7, 11) is 0. The molecule has 1 unspecified atom stereocenters. The van der Waals surface area contributed by atoms with E-state index in [0.29, 0.717) is 0 Å². The van der Waals surface area contributed by atoms with Crippen molar-refractivity contribution in [2.75, 3.05) is 6.54 Å². The Morgan fingerprint density at radius 3 is 2.83 bits per heavy atom. The number of hydrogen-bond acceptors (Lipinski definition) is 2. The van der Waals surface area contributed by atoms with Gasteiger partial charge in [0.1, 0.15) is 5.82 Å². The molecule has 3 heteroatoms. The Hall–Kier alpha value is -0.960. The van der Waals surface area contributed by atoms with E-state index < -0.39 is 0 Å². The van der Waals surface area contributed by atoms with Crippen LogP contribution in [0.3, 0.4) is 0 Å². The average Bonchev–Trinajstić information content (AvgIpc) is 2.88. The van der Waals surface area contributed by atoms with Gasteiger partial charge < -0.3 is 5.32 Å². The fourth-order valence-corrected chi connectivity index (χ4v) is 2.76. The normalized spacial score (nSPS) is 18.1. The number of aromatic nitrogens is 1. The lowest BCUT2D eigenvalue weighted by Gasteiger charge is -2.14. The Morgan fingerprint density at radius 1 is 1.39 bits per heavy atom. The minimum atomic E-state index is -0.271. The summed E-state index contributed by atoms with van der Waals surface area (Å²) in [5.41, 5.74) is 0.914. The lowest BCUT2D eigenvalue weighted by atomic mass is 10.0. The van der Waals surface area contributed by atoms with Gasteiger partial charge in [-0.15, -0.1) is 0 Å². The molecule has 0 radical (unpaired) electrons. The van der Waals surface area contributed by atoms with Gasteiger partial charge in [-0.25, -0.2) is 4.39 Å². The summed E-state index contributed by atoms with van der Waals surface area (Å²) < 4.78 is 12.7. The molecule has 0 bridgehead atoms. The Morgan fingerprint density at radius 2 is 2.17 bits per heavy atom. The predicted octanol–water partition coefficient (Wildman–Crippen LogP) is 3.84. The second-order valence-electron chi connectivity index (χ2n) is 5.37. The number of nitrogens with zero attached hydrogens (tertiary/aromatic N) is 1. The van der Waals surface area contributed by atoms with E-state index >= 15 is 0 Å². The van der Waals surface area contributed by atoms with Gasteiger partial charge in [-0.2, -0.15) is 0 Å². The summed E-state index contributed by atoms with van der Waals surface area (Å²) in [5, 5.41) is 3.46. The maximum atomic E-state index is 12.7. The standard InChI is InChI=1S/C15H23FN2/c1-12(15-9-8-14(16)11-18-15)17-10-4-7-13-5-2-3-6-13/h8-9,11-13,17H,2-7,10H2,1H3. The maximum Gasteiger partial charge on any atom is 0.141 e. The lowest BCUT2D eigenvalue weighted by molar-refractivity contribution is 0.454. The molecule has 1 fully saturated rings. The summed E-state index contributed by atoms with van der Waals surface area (Å²) in [6, 6.07) is 3.43. The maximum absolute atomic E-state index is 12.7. The van der Waals surface area contributed by atoms with Crippen molar-refractivity contribution in [1.82, 2.24) is 10.3 Å². The molecule has 2 nitrogen and oxygen atoms in total. The predicted molar refractivity (Wildman–Crippen MR) is 71.8 cm³/mol. The van der Waals surface area contributed by atoms with E-state index in [1.807, 2.05) is 0 Å². The zero-order chi connectivity index (χ0) is 12.8. The van der Waals surface area contributed by atoms with Crippen LogP contribution in [0.2, 0.25) is 0 Å². The molecule has 0 aliphatic heterocycles. The highest BCUT2D eigenvalue weighted by Crippen LogP contribution is 2.28. The molecule has 1 aliphatic carbocycles. The molecule has 0 aromatic carbocycles. The zero-order valence-corrected chi connectivity index (χ0v) is 11.2. The van der Waals surface area contributed by atoms with Crippen LogP contribution in [0.4, 0.5) is 4.39 Å². The number of nitrogens with one attached hydrogen (secondary N) is 1. The van der Waals surface area contributed by atoms with Gasteiger partial charge in [-0.1, -0.05) is 25.7 Å². The van der Waals surface area contributed by atoms with E-state index in [1.54, 1.807) is 6.07 Å². The van der Waals surface area contributed by atoms with Gasteiger partial charge in [0.2, 0.25) is 0 Å². The third kappa shape index (κ3) is 4.05. The van der Waals surface area contributed by atoms with Crippen molar-refractivity contribution < 1.29 is 4.39 Å². The van der Waals surface area contributed by atoms with E-state index in [0.717, 1.165) is 18.2 Å². The first-order chi connectivity index (χ1) is 8.75. The fourth-order valence-electron chi connectivity index (χ4n) is 2.76. The molecule has 1 N–H and O–H groups in total. The quantitative estimate of drug-likeness (QED) is 0.776. The van der Waals surface area contributed by atoms with Crippen LogP contribution < -0.4 is 5.32 Å². The van der Waals surface area contributed by atoms with Gasteiger partial charge in [0.25, 0.3) is 0 Å². The summed E-state index contributed by atoms with van der Waals surface area (Å²) in [6.45, 7) is 3.10. The third-order valence-corrected chi connectivity index (χ3v) is 3.91. The Labute approximate surface area is 109 Å². The molecule has 0 amide bonds. The van der Waals surface area contributed by atoms with Crippen molar-refractivity contribution in [3.05, 3.63) is 29.8 Å². The van der Waals surface area contributed by atoms with Crippen LogP contribution in [-0.4, -0.2) is 11.5 Å². The van der Waals surface area contributed by atoms with Crippen molar-refractivity contribution in [2.24, 2.45) is 5.92 Å². The van der Waals surface area contributed by atoms with Crippen LogP contribution in [0, 0.1) is 11.7 Å². The van der Waals surface area contributed by atoms with Crippen molar-refractivity contribution in [3.63, 3.8) is 0 Å². The van der Waals surface area contributed by atoms with Crippen molar-refractivity contribution in [2.45, 2.75) is 51.5 Å². The molecule has 18 heavy (non-hydrogen) atoms. The molecule has 1 heterocycles. The summed E-state index contributed by atoms with van der Waals surface area (Å²) in [5.74, 6) is 0.693. The van der Waals surface area contributed by atoms with Crippen molar-refractivity contribution >= 4 is 0 Å². The molecular weight excluding hydrogens is 227 g/mol. The first-order valence-corrected chi connectivity index (χ1v) is 7.10. The molecule has 0 spiro atoms. The minimum Gasteiger partial charge on any atom is -0.309 e. The average molecular weight is 250 g/mol. The second kappa shape index (κ2) is 6.83. The van der Waals surface area contributed by atoms with E-state index in [1.165, 1.54) is 50.8 Å². The van der Waals surface area contributed by atoms with Gasteiger partial charge in [-0.3, -0.25) is 4.98 Å². The minimum absolute atomic E-state index is 0.203. The number of halogens is 1. The molecule has 0 saturated heterocycles. The first-order valence-electron chi connectivity index (χ1n) is 7.10. The van der Waals surface area contributed by atoms with E-state index in [4.69, 9.17) is 0 Å². The van der Waals surface area contributed by atoms with Gasteiger partial charge in [0.15, 0.2) is 0 Å². The van der Waals surface area contributed by atoms with Crippen LogP contribution in [0.25, 0.3) is 0 Å². The van der Waals surface area contributed by atoms with Crippen LogP contribution in [0.15, 0.2) is 18.3 Å². The molecular formula is C15H23FN2. The van der Waals surface area contributed by atoms with Crippen LogP contribution in [0.5, 0.6) is 0 Å². The van der Waals surface area contributed by atoms with Gasteiger partial charge in [0.05, 0.1) is 11.9 Å². The van der Waals surface area contributed by atoms with E-state index in [-0.39, 0.29) is 11.9 Å². The Kier molecular flexibility index (Phi) is 5.12. The highest BCUT2D eigenvalue weighted by molar-refractivity contribution is 5.08. The lowest BCUT2D eigenvalue weighted by Crippen LogP contribution is -2.21. The van der Waals surface area contributed by atoms with Crippen molar-refractivity contribution in [1.29, 1.82) is 0 Å².